The molecule has 3 nitrogen and oxygen atoms in total. The molecular weight excluding hydrogens is 208 g/mol. The predicted molar refractivity (Wildman–Crippen MR) is 62.3 cm³/mol. The number of nitrogens with one attached hydrogen (secondary N) is 1. The molecule has 0 unspecified atom stereocenters. The van der Waals surface area contributed by atoms with E-state index in [2.05, 4.69) is 9.97 Å². The van der Waals surface area contributed by atoms with Crippen molar-refractivity contribution in [2.75, 3.05) is 0 Å². The molecule has 0 aliphatic carbocycles. The number of aryl methyl sites for hydroxylation is 1. The molecule has 2 rings (SSSR count). The third kappa shape index (κ3) is 1.85. The van der Waals surface area contributed by atoms with Gasteiger partial charge in [-0.25, -0.2) is 4.98 Å². The quantitative estimate of drug-likeness (QED) is 0.844. The fourth-order valence-corrected chi connectivity index (χ4v) is 2.42. The highest BCUT2D eigenvalue weighted by molar-refractivity contribution is 7.15. The third-order valence-corrected chi connectivity index (χ3v) is 3.28. The van der Waals surface area contributed by atoms with Gasteiger partial charge in [-0.1, -0.05) is 6.92 Å². The number of H-pyrrole nitrogens is 1. The van der Waals surface area contributed by atoms with Crippen molar-refractivity contribution in [1.29, 1.82) is 0 Å². The van der Waals surface area contributed by atoms with Crippen LogP contribution in [0.3, 0.4) is 0 Å². The van der Waals surface area contributed by atoms with Crippen LogP contribution in [0.2, 0.25) is 0 Å². The monoisotopic (exact) mass is 220 g/mol. The van der Waals surface area contributed by atoms with E-state index >= 15 is 0 Å². The molecule has 0 radical (unpaired) electrons. The number of nitrogens with zero attached hydrogens (tertiary/aromatic N) is 1. The van der Waals surface area contributed by atoms with E-state index in [0.29, 0.717) is 6.42 Å². The zero-order valence-corrected chi connectivity index (χ0v) is 9.52. The highest BCUT2D eigenvalue weighted by Gasteiger charge is 2.10. The fraction of sp³-hybridized carbons (Fsp3) is 0.273. The summed E-state index contributed by atoms with van der Waals surface area (Å²) in [4.78, 5) is 20.7. The SMILES string of the molecule is CCc1c(-c2ccc(C)s2)nc[nH]c1=O. The summed E-state index contributed by atoms with van der Waals surface area (Å²) in [5.74, 6) is 0. The molecule has 0 spiro atoms. The van der Waals surface area contributed by atoms with Gasteiger partial charge in [0.15, 0.2) is 0 Å². The first-order valence-electron chi connectivity index (χ1n) is 4.85. The normalized spacial score (nSPS) is 10.5. The van der Waals surface area contributed by atoms with Crippen LogP contribution >= 0.6 is 11.3 Å². The van der Waals surface area contributed by atoms with Crippen molar-refractivity contribution < 1.29 is 0 Å². The van der Waals surface area contributed by atoms with Gasteiger partial charge in [-0.15, -0.1) is 11.3 Å². The Labute approximate surface area is 91.8 Å². The first-order valence-corrected chi connectivity index (χ1v) is 5.67. The fourth-order valence-electron chi connectivity index (χ4n) is 1.53. The van der Waals surface area contributed by atoms with Gasteiger partial charge < -0.3 is 4.98 Å². The summed E-state index contributed by atoms with van der Waals surface area (Å²) in [5.41, 5.74) is 1.55. The first kappa shape index (κ1) is 10.1. The Morgan fingerprint density at radius 2 is 2.27 bits per heavy atom. The Morgan fingerprint density at radius 1 is 1.47 bits per heavy atom. The standard InChI is InChI=1S/C11H12N2OS/c1-3-8-10(12-6-13-11(8)14)9-5-4-7(2)15-9/h4-6H,3H2,1-2H3,(H,12,13,14). The van der Waals surface area contributed by atoms with E-state index in [0.717, 1.165) is 16.1 Å². The molecule has 0 atom stereocenters. The van der Waals surface area contributed by atoms with Gasteiger partial charge in [-0.05, 0) is 25.5 Å². The summed E-state index contributed by atoms with van der Waals surface area (Å²) in [6.07, 6.45) is 2.17. The molecule has 0 amide bonds. The Balaban J connectivity index is 2.62. The van der Waals surface area contributed by atoms with E-state index in [1.54, 1.807) is 11.3 Å². The number of aromatic amines is 1. The van der Waals surface area contributed by atoms with Crippen molar-refractivity contribution in [3.63, 3.8) is 0 Å². The third-order valence-electron chi connectivity index (χ3n) is 2.28. The van der Waals surface area contributed by atoms with Gasteiger partial charge in [0.2, 0.25) is 0 Å². The largest absolute Gasteiger partial charge is 0.313 e. The lowest BCUT2D eigenvalue weighted by Crippen LogP contribution is -2.13. The Morgan fingerprint density at radius 3 is 2.87 bits per heavy atom. The summed E-state index contributed by atoms with van der Waals surface area (Å²) in [6.45, 7) is 4.02. The average molecular weight is 220 g/mol. The van der Waals surface area contributed by atoms with Crippen molar-refractivity contribution in [1.82, 2.24) is 9.97 Å². The first-order chi connectivity index (χ1) is 7.22. The van der Waals surface area contributed by atoms with Crippen molar-refractivity contribution in [2.45, 2.75) is 20.3 Å². The highest BCUT2D eigenvalue weighted by atomic mass is 32.1. The molecule has 0 saturated carbocycles. The van der Waals surface area contributed by atoms with E-state index in [1.165, 1.54) is 11.2 Å². The van der Waals surface area contributed by atoms with E-state index in [1.807, 2.05) is 26.0 Å². The molecule has 15 heavy (non-hydrogen) atoms. The second-order valence-corrected chi connectivity index (χ2v) is 4.61. The second-order valence-electron chi connectivity index (χ2n) is 3.32. The average Bonchev–Trinajstić information content (AvgIpc) is 2.64. The van der Waals surface area contributed by atoms with Crippen LogP contribution in [0.5, 0.6) is 0 Å². The van der Waals surface area contributed by atoms with Crippen LogP contribution in [0.4, 0.5) is 0 Å². The van der Waals surface area contributed by atoms with E-state index in [-0.39, 0.29) is 5.56 Å². The van der Waals surface area contributed by atoms with Crippen LogP contribution in [0, 0.1) is 6.92 Å². The van der Waals surface area contributed by atoms with Gasteiger partial charge >= 0.3 is 0 Å². The maximum absolute atomic E-state index is 11.6. The smallest absolute Gasteiger partial charge is 0.254 e. The number of hydrogen-bond donors (Lipinski definition) is 1. The zero-order valence-electron chi connectivity index (χ0n) is 8.70. The van der Waals surface area contributed by atoms with Crippen LogP contribution in [-0.4, -0.2) is 9.97 Å². The van der Waals surface area contributed by atoms with E-state index in [4.69, 9.17) is 0 Å². The van der Waals surface area contributed by atoms with Crippen molar-refractivity contribution in [3.8, 4) is 10.6 Å². The lowest BCUT2D eigenvalue weighted by Gasteiger charge is -2.01. The van der Waals surface area contributed by atoms with Gasteiger partial charge in [0.05, 0.1) is 16.9 Å². The van der Waals surface area contributed by atoms with Crippen molar-refractivity contribution >= 4 is 11.3 Å². The van der Waals surface area contributed by atoms with Crippen molar-refractivity contribution in [3.05, 3.63) is 39.3 Å². The predicted octanol–water partition coefficient (Wildman–Crippen LogP) is 2.37. The van der Waals surface area contributed by atoms with Crippen LogP contribution in [0.15, 0.2) is 23.3 Å². The van der Waals surface area contributed by atoms with Crippen molar-refractivity contribution in [2.24, 2.45) is 0 Å². The molecule has 2 heterocycles. The minimum absolute atomic E-state index is 0.0337. The molecule has 0 fully saturated rings. The van der Waals surface area contributed by atoms with Gasteiger partial charge in [0, 0.05) is 10.4 Å². The van der Waals surface area contributed by atoms with Crippen LogP contribution in [-0.2, 0) is 6.42 Å². The highest BCUT2D eigenvalue weighted by Crippen LogP contribution is 2.27. The number of hydrogen-bond acceptors (Lipinski definition) is 3. The summed E-state index contributed by atoms with van der Waals surface area (Å²) in [5, 5.41) is 0. The molecule has 78 valence electrons. The van der Waals surface area contributed by atoms with Gasteiger partial charge in [0.25, 0.3) is 5.56 Å². The molecule has 0 aromatic carbocycles. The molecule has 0 saturated heterocycles. The maximum Gasteiger partial charge on any atom is 0.254 e. The Hall–Kier alpha value is -1.42. The lowest BCUT2D eigenvalue weighted by atomic mass is 10.1. The Bertz CT molecular complexity index is 527. The topological polar surface area (TPSA) is 45.8 Å². The molecular formula is C11H12N2OS. The van der Waals surface area contributed by atoms with Gasteiger partial charge in [-0.2, -0.15) is 0 Å². The number of thiophene rings is 1. The Kier molecular flexibility index (Phi) is 2.68. The van der Waals surface area contributed by atoms with E-state index in [9.17, 15) is 4.79 Å². The van der Waals surface area contributed by atoms with Gasteiger partial charge in [-0.3, -0.25) is 4.79 Å². The summed E-state index contributed by atoms with van der Waals surface area (Å²) < 4.78 is 0. The molecule has 2 aromatic rings. The molecule has 0 aliphatic rings. The number of aromatic nitrogens is 2. The maximum atomic E-state index is 11.6. The summed E-state index contributed by atoms with van der Waals surface area (Å²) in [7, 11) is 0. The van der Waals surface area contributed by atoms with Gasteiger partial charge in [0.1, 0.15) is 0 Å². The summed E-state index contributed by atoms with van der Waals surface area (Å²) >= 11 is 1.66. The van der Waals surface area contributed by atoms with Crippen LogP contribution in [0.1, 0.15) is 17.4 Å². The van der Waals surface area contributed by atoms with Crippen LogP contribution in [0.25, 0.3) is 10.6 Å². The summed E-state index contributed by atoms with van der Waals surface area (Å²) in [6, 6.07) is 4.06. The molecule has 0 aliphatic heterocycles. The molecule has 0 bridgehead atoms. The minimum Gasteiger partial charge on any atom is -0.313 e. The minimum atomic E-state index is -0.0337. The zero-order chi connectivity index (χ0) is 10.8. The lowest BCUT2D eigenvalue weighted by molar-refractivity contribution is 1.01. The van der Waals surface area contributed by atoms with E-state index < -0.39 is 0 Å². The number of rotatable bonds is 2. The molecule has 2 aromatic heterocycles. The van der Waals surface area contributed by atoms with Crippen LogP contribution < -0.4 is 5.56 Å². The second kappa shape index (κ2) is 3.98. The molecule has 4 heteroatoms. The molecule has 1 N–H and O–H groups in total.